The maximum absolute atomic E-state index is 4.62. The van der Waals surface area contributed by atoms with Crippen molar-refractivity contribution >= 4 is 28.5 Å². The summed E-state index contributed by atoms with van der Waals surface area (Å²) in [6.45, 7) is 1.99. The third kappa shape index (κ3) is 3.12. The fourth-order valence-electron chi connectivity index (χ4n) is 4.21. The standard InChI is InChI=1S/C20H26N8/c1-26(2)17-11-18(23-12-22-17)28(14-3-4-14)15-6-9-27(10-7-15)20-16-5-8-21-19(16)24-13-25-20/h5,8,11-15H,3-4,6-7,9-10H2,1-2H3,(H,21,24,25). The summed E-state index contributed by atoms with van der Waals surface area (Å²) in [7, 11) is 4.05. The molecule has 0 radical (unpaired) electrons. The highest BCUT2D eigenvalue weighted by atomic mass is 15.3. The minimum Gasteiger partial charge on any atom is -0.363 e. The fraction of sp³-hybridized carbons (Fsp3) is 0.500. The van der Waals surface area contributed by atoms with Gasteiger partial charge in [0.1, 0.15) is 35.8 Å². The predicted octanol–water partition coefficient (Wildman–Crippen LogP) is 2.45. The van der Waals surface area contributed by atoms with E-state index in [2.05, 4.69) is 46.9 Å². The number of aromatic nitrogens is 5. The van der Waals surface area contributed by atoms with Crippen LogP contribution in [0.2, 0.25) is 0 Å². The number of anilines is 3. The number of hydrogen-bond donors (Lipinski definition) is 1. The first-order chi connectivity index (χ1) is 13.7. The maximum Gasteiger partial charge on any atom is 0.142 e. The number of rotatable bonds is 5. The Hall–Kier alpha value is -2.90. The van der Waals surface area contributed by atoms with E-state index in [1.165, 1.54) is 12.8 Å². The van der Waals surface area contributed by atoms with Crippen molar-refractivity contribution in [2.45, 2.75) is 37.8 Å². The molecule has 0 amide bonds. The molecule has 5 rings (SSSR count). The molecule has 1 aliphatic carbocycles. The van der Waals surface area contributed by atoms with Gasteiger partial charge >= 0.3 is 0 Å². The molecular weight excluding hydrogens is 352 g/mol. The number of fused-ring (bicyclic) bond motifs is 1. The first-order valence-electron chi connectivity index (χ1n) is 10.0. The summed E-state index contributed by atoms with van der Waals surface area (Å²) in [5.41, 5.74) is 0.906. The van der Waals surface area contributed by atoms with E-state index < -0.39 is 0 Å². The Morgan fingerprint density at radius 3 is 2.39 bits per heavy atom. The Balaban J connectivity index is 1.35. The molecule has 1 saturated carbocycles. The average molecular weight is 378 g/mol. The molecule has 3 aromatic heterocycles. The molecule has 1 N–H and O–H groups in total. The molecule has 0 aromatic carbocycles. The van der Waals surface area contributed by atoms with Gasteiger partial charge in [-0.1, -0.05) is 0 Å². The average Bonchev–Trinajstić information content (AvgIpc) is 3.43. The molecule has 3 aromatic rings. The zero-order valence-corrected chi connectivity index (χ0v) is 16.4. The summed E-state index contributed by atoms with van der Waals surface area (Å²) < 4.78 is 0. The molecule has 2 fully saturated rings. The third-order valence-electron chi connectivity index (χ3n) is 5.79. The highest BCUT2D eigenvalue weighted by molar-refractivity contribution is 5.87. The second-order valence-electron chi connectivity index (χ2n) is 7.92. The van der Waals surface area contributed by atoms with Gasteiger partial charge in [0.15, 0.2) is 0 Å². The molecular formula is C20H26N8. The Morgan fingerprint density at radius 1 is 0.929 bits per heavy atom. The molecule has 0 unspecified atom stereocenters. The number of hydrogen-bond acceptors (Lipinski definition) is 7. The largest absolute Gasteiger partial charge is 0.363 e. The van der Waals surface area contributed by atoms with Gasteiger partial charge in [0.05, 0.1) is 5.39 Å². The lowest BCUT2D eigenvalue weighted by molar-refractivity contribution is 0.458. The van der Waals surface area contributed by atoms with Crippen LogP contribution in [-0.4, -0.2) is 64.2 Å². The maximum atomic E-state index is 4.62. The lowest BCUT2D eigenvalue weighted by Gasteiger charge is -2.40. The first kappa shape index (κ1) is 17.2. The van der Waals surface area contributed by atoms with Crippen molar-refractivity contribution in [3.63, 3.8) is 0 Å². The van der Waals surface area contributed by atoms with E-state index in [9.17, 15) is 0 Å². The van der Waals surface area contributed by atoms with Crippen LogP contribution in [0.1, 0.15) is 25.7 Å². The minimum absolute atomic E-state index is 0.511. The second-order valence-corrected chi connectivity index (χ2v) is 7.92. The van der Waals surface area contributed by atoms with Crippen molar-refractivity contribution in [3.8, 4) is 0 Å². The molecule has 8 heteroatoms. The number of piperidine rings is 1. The summed E-state index contributed by atoms with van der Waals surface area (Å²) in [5.74, 6) is 3.07. The van der Waals surface area contributed by atoms with E-state index in [0.29, 0.717) is 12.1 Å². The highest BCUT2D eigenvalue weighted by Crippen LogP contribution is 2.36. The van der Waals surface area contributed by atoms with Gasteiger partial charge in [0, 0.05) is 51.5 Å². The topological polar surface area (TPSA) is 77.1 Å². The smallest absolute Gasteiger partial charge is 0.142 e. The fourth-order valence-corrected chi connectivity index (χ4v) is 4.21. The van der Waals surface area contributed by atoms with Crippen molar-refractivity contribution in [1.29, 1.82) is 0 Å². The van der Waals surface area contributed by atoms with Crippen molar-refractivity contribution in [1.82, 2.24) is 24.9 Å². The quantitative estimate of drug-likeness (QED) is 0.731. The van der Waals surface area contributed by atoms with Crippen LogP contribution in [0.5, 0.6) is 0 Å². The Morgan fingerprint density at radius 2 is 1.64 bits per heavy atom. The number of H-pyrrole nitrogens is 1. The minimum atomic E-state index is 0.511. The first-order valence-corrected chi connectivity index (χ1v) is 10.0. The number of nitrogens with one attached hydrogen (secondary N) is 1. The van der Waals surface area contributed by atoms with Crippen LogP contribution in [0.3, 0.4) is 0 Å². The lowest BCUT2D eigenvalue weighted by Crippen LogP contribution is -2.46. The summed E-state index contributed by atoms with van der Waals surface area (Å²) in [6.07, 6.45) is 10.0. The molecule has 4 heterocycles. The van der Waals surface area contributed by atoms with E-state index in [1.807, 2.05) is 25.2 Å². The van der Waals surface area contributed by atoms with Gasteiger partial charge in [-0.2, -0.15) is 0 Å². The van der Waals surface area contributed by atoms with Gasteiger partial charge < -0.3 is 19.7 Å². The lowest BCUT2D eigenvalue weighted by atomic mass is 10.0. The van der Waals surface area contributed by atoms with E-state index >= 15 is 0 Å². The van der Waals surface area contributed by atoms with E-state index in [0.717, 1.165) is 54.4 Å². The monoisotopic (exact) mass is 378 g/mol. The summed E-state index contributed by atoms with van der Waals surface area (Å²) in [6, 6.07) is 5.32. The molecule has 0 atom stereocenters. The van der Waals surface area contributed by atoms with Gasteiger partial charge in [-0.3, -0.25) is 0 Å². The highest BCUT2D eigenvalue weighted by Gasteiger charge is 2.37. The van der Waals surface area contributed by atoms with Crippen molar-refractivity contribution in [3.05, 3.63) is 31.0 Å². The molecule has 0 spiro atoms. The van der Waals surface area contributed by atoms with Crippen LogP contribution in [0.15, 0.2) is 31.0 Å². The second kappa shape index (κ2) is 6.92. The third-order valence-corrected chi connectivity index (χ3v) is 5.79. The molecule has 146 valence electrons. The van der Waals surface area contributed by atoms with Crippen molar-refractivity contribution in [2.75, 3.05) is 41.9 Å². The van der Waals surface area contributed by atoms with Crippen LogP contribution in [0.25, 0.3) is 11.0 Å². The summed E-state index contributed by atoms with van der Waals surface area (Å²) >= 11 is 0. The van der Waals surface area contributed by atoms with E-state index in [1.54, 1.807) is 12.7 Å². The van der Waals surface area contributed by atoms with Crippen molar-refractivity contribution in [2.24, 2.45) is 0 Å². The number of nitrogens with zero attached hydrogens (tertiary/aromatic N) is 7. The van der Waals surface area contributed by atoms with Gasteiger partial charge in [-0.25, -0.2) is 19.9 Å². The normalized spacial score (nSPS) is 17.9. The van der Waals surface area contributed by atoms with Gasteiger partial charge in [0.2, 0.25) is 0 Å². The molecule has 1 saturated heterocycles. The molecule has 8 nitrogen and oxygen atoms in total. The van der Waals surface area contributed by atoms with Gasteiger partial charge in [-0.15, -0.1) is 0 Å². The Kier molecular flexibility index (Phi) is 4.26. The Labute approximate surface area is 164 Å². The summed E-state index contributed by atoms with van der Waals surface area (Å²) in [5, 5.41) is 1.10. The van der Waals surface area contributed by atoms with Crippen LogP contribution in [0.4, 0.5) is 17.5 Å². The van der Waals surface area contributed by atoms with Crippen LogP contribution in [-0.2, 0) is 0 Å². The van der Waals surface area contributed by atoms with E-state index in [-0.39, 0.29) is 0 Å². The zero-order valence-electron chi connectivity index (χ0n) is 16.4. The molecule has 28 heavy (non-hydrogen) atoms. The molecule has 0 bridgehead atoms. The van der Waals surface area contributed by atoms with Gasteiger partial charge in [-0.05, 0) is 31.7 Å². The predicted molar refractivity (Wildman–Crippen MR) is 111 cm³/mol. The van der Waals surface area contributed by atoms with Crippen molar-refractivity contribution < 1.29 is 0 Å². The number of aromatic amines is 1. The Bertz CT molecular complexity index is 956. The zero-order chi connectivity index (χ0) is 19.1. The molecule has 1 aliphatic heterocycles. The van der Waals surface area contributed by atoms with Crippen LogP contribution < -0.4 is 14.7 Å². The SMILES string of the molecule is CN(C)c1cc(N(C2CC2)C2CCN(c3ncnc4[nH]ccc34)CC2)ncn1. The summed E-state index contributed by atoms with van der Waals surface area (Å²) in [4.78, 5) is 28.0. The van der Waals surface area contributed by atoms with Crippen LogP contribution in [0, 0.1) is 0 Å². The van der Waals surface area contributed by atoms with Gasteiger partial charge in [0.25, 0.3) is 0 Å². The molecule has 2 aliphatic rings. The van der Waals surface area contributed by atoms with E-state index in [4.69, 9.17) is 0 Å². The van der Waals surface area contributed by atoms with Crippen LogP contribution >= 0.6 is 0 Å².